The summed E-state index contributed by atoms with van der Waals surface area (Å²) in [7, 11) is 3.53. The molecule has 0 atom stereocenters. The van der Waals surface area contributed by atoms with Crippen LogP contribution < -0.4 is 0 Å². The van der Waals surface area contributed by atoms with Crippen LogP contribution in [0.15, 0.2) is 36.5 Å². The Kier molecular flexibility index (Phi) is 6.64. The average molecular weight is 423 g/mol. The van der Waals surface area contributed by atoms with Crippen LogP contribution in [0.5, 0.6) is 0 Å². The third-order valence-electron chi connectivity index (χ3n) is 4.39. The molecule has 3 aromatic rings. The third-order valence-corrected chi connectivity index (χ3v) is 4.39. The lowest BCUT2D eigenvalue weighted by molar-refractivity contribution is -0.136. The molecular formula is C22H25N5O4. The lowest BCUT2D eigenvalue weighted by Crippen LogP contribution is -2.21. The molecule has 0 spiro atoms. The van der Waals surface area contributed by atoms with Crippen molar-refractivity contribution in [3.05, 3.63) is 53.6 Å². The minimum atomic E-state index is -0.699. The quantitative estimate of drug-likeness (QED) is 0.423. The number of esters is 2. The predicted octanol–water partition coefficient (Wildman–Crippen LogP) is 2.74. The van der Waals surface area contributed by atoms with Crippen LogP contribution in [0.2, 0.25) is 0 Å². The van der Waals surface area contributed by atoms with Crippen molar-refractivity contribution in [1.82, 2.24) is 24.7 Å². The van der Waals surface area contributed by atoms with E-state index in [9.17, 15) is 9.59 Å². The summed E-state index contributed by atoms with van der Waals surface area (Å²) < 4.78 is 11.9. The van der Waals surface area contributed by atoms with E-state index in [4.69, 9.17) is 9.47 Å². The van der Waals surface area contributed by atoms with Gasteiger partial charge in [-0.05, 0) is 26.3 Å². The van der Waals surface area contributed by atoms with Gasteiger partial charge in [0.15, 0.2) is 11.3 Å². The minimum absolute atomic E-state index is 0.113. The molecule has 0 saturated heterocycles. The number of carbonyl (C=O) groups excluding carboxylic acids is 2. The molecule has 0 fully saturated rings. The van der Waals surface area contributed by atoms with Gasteiger partial charge >= 0.3 is 11.9 Å². The first-order valence-electron chi connectivity index (χ1n) is 9.93. The smallest absolute Gasteiger partial charge is 0.361 e. The number of aryl methyl sites for hydroxylation is 1. The van der Waals surface area contributed by atoms with Gasteiger partial charge in [-0.2, -0.15) is 5.10 Å². The molecule has 3 rings (SSSR count). The van der Waals surface area contributed by atoms with E-state index < -0.39 is 11.9 Å². The number of ether oxygens (including phenoxy) is 2. The maximum Gasteiger partial charge on any atom is 0.361 e. The Balaban J connectivity index is 2.38. The second-order valence-corrected chi connectivity index (χ2v) is 6.91. The van der Waals surface area contributed by atoms with Crippen LogP contribution in [-0.2, 0) is 14.3 Å². The largest absolute Gasteiger partial charge is 0.462 e. The highest BCUT2D eigenvalue weighted by molar-refractivity contribution is 6.18. The zero-order valence-electron chi connectivity index (χ0n) is 18.2. The van der Waals surface area contributed by atoms with Crippen molar-refractivity contribution in [2.75, 3.05) is 27.3 Å². The fraction of sp³-hybridized carbons (Fsp3) is 0.318. The highest BCUT2D eigenvalue weighted by Gasteiger charge is 2.29. The maximum absolute atomic E-state index is 12.9. The van der Waals surface area contributed by atoms with Crippen LogP contribution >= 0.6 is 0 Å². The monoisotopic (exact) mass is 423 g/mol. The summed E-state index contributed by atoms with van der Waals surface area (Å²) in [6.45, 7) is 5.57. The molecular weight excluding hydrogens is 398 g/mol. The van der Waals surface area contributed by atoms with Crippen molar-refractivity contribution in [2.24, 2.45) is 0 Å². The molecule has 0 aliphatic heterocycles. The van der Waals surface area contributed by atoms with E-state index in [1.54, 1.807) is 39.0 Å². The highest BCUT2D eigenvalue weighted by Crippen LogP contribution is 2.30. The number of hydrogen-bond acceptors (Lipinski definition) is 8. The van der Waals surface area contributed by atoms with Gasteiger partial charge in [0.2, 0.25) is 0 Å². The van der Waals surface area contributed by atoms with E-state index in [-0.39, 0.29) is 30.2 Å². The van der Waals surface area contributed by atoms with Crippen LogP contribution in [0.25, 0.3) is 22.3 Å². The zero-order chi connectivity index (χ0) is 22.5. The first-order valence-corrected chi connectivity index (χ1v) is 9.93. The first kappa shape index (κ1) is 21.9. The summed E-state index contributed by atoms with van der Waals surface area (Å²) in [6, 6.07) is 9.61. The summed E-state index contributed by atoms with van der Waals surface area (Å²) in [5, 5.41) is 13.0. The summed E-state index contributed by atoms with van der Waals surface area (Å²) in [5.41, 5.74) is 2.93. The molecule has 2 aromatic heterocycles. The van der Waals surface area contributed by atoms with E-state index in [2.05, 4.69) is 15.3 Å². The fourth-order valence-corrected chi connectivity index (χ4v) is 3.21. The van der Waals surface area contributed by atoms with E-state index in [1.165, 1.54) is 4.52 Å². The van der Waals surface area contributed by atoms with Crippen molar-refractivity contribution in [1.29, 1.82) is 0 Å². The molecule has 0 aliphatic carbocycles. The number of aromatic nitrogens is 4. The van der Waals surface area contributed by atoms with Crippen LogP contribution in [0.1, 0.15) is 35.7 Å². The van der Waals surface area contributed by atoms with Gasteiger partial charge in [-0.25, -0.2) is 14.1 Å². The molecule has 2 heterocycles. The van der Waals surface area contributed by atoms with Gasteiger partial charge in [-0.1, -0.05) is 30.3 Å². The Labute approximate surface area is 180 Å². The van der Waals surface area contributed by atoms with Crippen molar-refractivity contribution in [3.8, 4) is 11.1 Å². The standard InChI is InChI=1S/C22H25N5O4/c1-6-30-21(28)16(13-26(4)5)19-18(22(29)31-7-2)23-24-20-17(14(3)25-27(19)20)15-11-9-8-10-12-15/h8-13H,6-7H2,1-5H3/b16-13-. The molecule has 0 N–H and O–H groups in total. The van der Waals surface area contributed by atoms with Gasteiger partial charge in [0.05, 0.1) is 24.5 Å². The molecule has 0 unspecified atom stereocenters. The maximum atomic E-state index is 12.9. The topological polar surface area (TPSA) is 98.9 Å². The number of carbonyl (C=O) groups is 2. The Morgan fingerprint density at radius 1 is 1.06 bits per heavy atom. The molecule has 0 radical (unpaired) electrons. The van der Waals surface area contributed by atoms with Crippen molar-refractivity contribution < 1.29 is 19.1 Å². The van der Waals surface area contributed by atoms with E-state index >= 15 is 0 Å². The molecule has 162 valence electrons. The van der Waals surface area contributed by atoms with Gasteiger partial charge in [0.1, 0.15) is 11.3 Å². The van der Waals surface area contributed by atoms with E-state index in [0.29, 0.717) is 11.3 Å². The third kappa shape index (κ3) is 4.40. The molecule has 31 heavy (non-hydrogen) atoms. The van der Waals surface area contributed by atoms with Gasteiger partial charge in [-0.3, -0.25) is 0 Å². The van der Waals surface area contributed by atoms with Gasteiger partial charge in [-0.15, -0.1) is 10.2 Å². The Morgan fingerprint density at radius 2 is 1.74 bits per heavy atom. The van der Waals surface area contributed by atoms with Crippen LogP contribution in [-0.4, -0.2) is 64.0 Å². The molecule has 0 bridgehead atoms. The van der Waals surface area contributed by atoms with E-state index in [0.717, 1.165) is 11.1 Å². The second kappa shape index (κ2) is 9.38. The number of benzene rings is 1. The highest BCUT2D eigenvalue weighted by atomic mass is 16.5. The molecule has 1 aromatic carbocycles. The molecule has 0 aliphatic rings. The Morgan fingerprint density at radius 3 is 2.35 bits per heavy atom. The van der Waals surface area contributed by atoms with Crippen molar-refractivity contribution in [3.63, 3.8) is 0 Å². The molecule has 0 amide bonds. The SMILES string of the molecule is CCOC(=O)/C(=C\N(C)C)c1c(C(=O)OCC)nnc2c(-c3ccccc3)c(C)nn12. The first-order chi connectivity index (χ1) is 14.9. The van der Waals surface area contributed by atoms with Gasteiger partial charge in [0.25, 0.3) is 0 Å². The number of nitrogens with zero attached hydrogens (tertiary/aromatic N) is 5. The van der Waals surface area contributed by atoms with Crippen LogP contribution in [0.4, 0.5) is 0 Å². The van der Waals surface area contributed by atoms with Crippen molar-refractivity contribution >= 4 is 23.2 Å². The average Bonchev–Trinajstić information content (AvgIpc) is 3.08. The zero-order valence-corrected chi connectivity index (χ0v) is 18.2. The number of rotatable bonds is 7. The molecule has 0 saturated carbocycles. The normalized spacial score (nSPS) is 11.5. The second-order valence-electron chi connectivity index (χ2n) is 6.91. The van der Waals surface area contributed by atoms with Crippen molar-refractivity contribution in [2.45, 2.75) is 20.8 Å². The lowest BCUT2D eigenvalue weighted by Gasteiger charge is -2.14. The molecule has 9 nitrogen and oxygen atoms in total. The summed E-state index contributed by atoms with van der Waals surface area (Å²) >= 11 is 0. The number of hydrogen-bond donors (Lipinski definition) is 0. The van der Waals surface area contributed by atoms with Crippen LogP contribution in [0.3, 0.4) is 0 Å². The van der Waals surface area contributed by atoms with Crippen LogP contribution in [0, 0.1) is 6.92 Å². The minimum Gasteiger partial charge on any atom is -0.462 e. The number of fused-ring (bicyclic) bond motifs is 1. The summed E-state index contributed by atoms with van der Waals surface area (Å²) in [5.74, 6) is -1.30. The molecule has 9 heteroatoms. The lowest BCUT2D eigenvalue weighted by atomic mass is 10.1. The van der Waals surface area contributed by atoms with Gasteiger partial charge < -0.3 is 14.4 Å². The Bertz CT molecular complexity index is 1140. The van der Waals surface area contributed by atoms with Gasteiger partial charge in [0, 0.05) is 20.3 Å². The summed E-state index contributed by atoms with van der Waals surface area (Å²) in [6.07, 6.45) is 1.57. The summed E-state index contributed by atoms with van der Waals surface area (Å²) in [4.78, 5) is 27.2. The fourth-order valence-electron chi connectivity index (χ4n) is 3.21. The predicted molar refractivity (Wildman–Crippen MR) is 115 cm³/mol. The van der Waals surface area contributed by atoms with E-state index in [1.807, 2.05) is 37.3 Å². The Hall–Kier alpha value is -3.75.